The fourth-order valence-electron chi connectivity index (χ4n) is 4.98. The molecule has 1 aromatic rings. The second-order valence-corrected chi connectivity index (χ2v) is 7.73. The highest BCUT2D eigenvalue weighted by Gasteiger charge is 2.57. The topological polar surface area (TPSA) is 40.5 Å². The molecule has 0 radical (unpaired) electrons. The molecule has 0 aromatic heterocycles. The SMILES string of the molecule is CCCCCC[C@H](O)C12CCC(c3ccc(O)cc3)(CC1)C2. The van der Waals surface area contributed by atoms with Crippen LogP contribution in [0.3, 0.4) is 0 Å². The Morgan fingerprint density at radius 2 is 1.68 bits per heavy atom. The fourth-order valence-corrected chi connectivity index (χ4v) is 4.98. The zero-order chi connectivity index (χ0) is 15.6. The smallest absolute Gasteiger partial charge is 0.115 e. The molecule has 0 spiro atoms. The highest BCUT2D eigenvalue weighted by Crippen LogP contribution is 2.64. The van der Waals surface area contributed by atoms with Crippen molar-refractivity contribution in [3.63, 3.8) is 0 Å². The molecule has 0 aliphatic heterocycles. The first-order chi connectivity index (χ1) is 10.6. The number of phenols is 1. The Hall–Kier alpha value is -1.02. The number of rotatable bonds is 7. The van der Waals surface area contributed by atoms with Crippen LogP contribution in [0.4, 0.5) is 0 Å². The molecule has 2 N–H and O–H groups in total. The molecule has 2 saturated carbocycles. The fraction of sp³-hybridized carbons (Fsp3) is 0.700. The van der Waals surface area contributed by atoms with E-state index in [1.54, 1.807) is 0 Å². The highest BCUT2D eigenvalue weighted by atomic mass is 16.3. The molecule has 0 amide bonds. The number of phenolic OH excluding ortho intramolecular Hbond substituents is 1. The van der Waals surface area contributed by atoms with Crippen LogP contribution < -0.4 is 0 Å². The summed E-state index contributed by atoms with van der Waals surface area (Å²) in [6, 6.07) is 7.79. The van der Waals surface area contributed by atoms with Crippen LogP contribution in [0.2, 0.25) is 0 Å². The van der Waals surface area contributed by atoms with Gasteiger partial charge in [0.2, 0.25) is 0 Å². The quantitative estimate of drug-likeness (QED) is 0.701. The van der Waals surface area contributed by atoms with Crippen LogP contribution in [0.1, 0.15) is 76.7 Å². The molecule has 0 unspecified atom stereocenters. The van der Waals surface area contributed by atoms with E-state index in [0.717, 1.165) is 12.8 Å². The average molecular weight is 302 g/mol. The molecule has 1 atom stereocenters. The maximum atomic E-state index is 10.8. The van der Waals surface area contributed by atoms with Crippen LogP contribution in [0.25, 0.3) is 0 Å². The number of benzene rings is 1. The van der Waals surface area contributed by atoms with Gasteiger partial charge in [0.15, 0.2) is 0 Å². The molecule has 2 nitrogen and oxygen atoms in total. The third-order valence-corrected chi connectivity index (χ3v) is 6.41. The van der Waals surface area contributed by atoms with Gasteiger partial charge in [0.05, 0.1) is 6.10 Å². The molecule has 1 aromatic carbocycles. The van der Waals surface area contributed by atoms with Gasteiger partial charge in [0, 0.05) is 0 Å². The molecule has 22 heavy (non-hydrogen) atoms. The van der Waals surface area contributed by atoms with Crippen molar-refractivity contribution in [2.75, 3.05) is 0 Å². The average Bonchev–Trinajstić information content (AvgIpc) is 3.11. The Labute approximate surface area is 134 Å². The number of fused-ring (bicyclic) bond motifs is 2. The minimum absolute atomic E-state index is 0.120. The lowest BCUT2D eigenvalue weighted by atomic mass is 9.76. The van der Waals surface area contributed by atoms with E-state index in [-0.39, 0.29) is 16.9 Å². The highest BCUT2D eigenvalue weighted by molar-refractivity contribution is 5.35. The zero-order valence-electron chi connectivity index (χ0n) is 13.9. The molecule has 2 aliphatic carbocycles. The number of aliphatic hydroxyl groups excluding tert-OH is 1. The molecular weight excluding hydrogens is 272 g/mol. The van der Waals surface area contributed by atoms with Crippen LogP contribution >= 0.6 is 0 Å². The Kier molecular flexibility index (Phi) is 4.49. The largest absolute Gasteiger partial charge is 0.508 e. The van der Waals surface area contributed by atoms with Crippen LogP contribution in [0.5, 0.6) is 5.75 Å². The summed E-state index contributed by atoms with van der Waals surface area (Å²) in [7, 11) is 0. The maximum Gasteiger partial charge on any atom is 0.115 e. The third-order valence-electron chi connectivity index (χ3n) is 6.41. The van der Waals surface area contributed by atoms with E-state index in [0.29, 0.717) is 5.75 Å². The lowest BCUT2D eigenvalue weighted by molar-refractivity contribution is 0.0227. The molecule has 0 heterocycles. The Bertz CT molecular complexity index is 483. The minimum Gasteiger partial charge on any atom is -0.508 e. The van der Waals surface area contributed by atoms with Crippen molar-refractivity contribution in [3.8, 4) is 5.75 Å². The molecular formula is C20H30O2. The first-order valence-electron chi connectivity index (χ1n) is 9.08. The second-order valence-electron chi connectivity index (χ2n) is 7.73. The van der Waals surface area contributed by atoms with Crippen molar-refractivity contribution in [2.45, 2.75) is 82.7 Å². The Balaban J connectivity index is 1.65. The third kappa shape index (κ3) is 2.78. The van der Waals surface area contributed by atoms with Crippen molar-refractivity contribution in [1.82, 2.24) is 0 Å². The summed E-state index contributed by atoms with van der Waals surface area (Å²) in [5.74, 6) is 0.346. The summed E-state index contributed by atoms with van der Waals surface area (Å²) in [5, 5.41) is 20.3. The first-order valence-corrected chi connectivity index (χ1v) is 9.08. The summed E-state index contributed by atoms with van der Waals surface area (Å²) < 4.78 is 0. The van der Waals surface area contributed by atoms with Crippen LogP contribution in [-0.4, -0.2) is 16.3 Å². The van der Waals surface area contributed by atoms with Gasteiger partial charge in [-0.1, -0.05) is 44.7 Å². The van der Waals surface area contributed by atoms with E-state index in [1.807, 2.05) is 12.1 Å². The van der Waals surface area contributed by atoms with E-state index in [1.165, 1.54) is 56.9 Å². The van der Waals surface area contributed by atoms with Gasteiger partial charge in [0.1, 0.15) is 5.75 Å². The minimum atomic E-state index is -0.120. The van der Waals surface area contributed by atoms with Gasteiger partial charge < -0.3 is 10.2 Å². The van der Waals surface area contributed by atoms with Gasteiger partial charge in [-0.25, -0.2) is 0 Å². The molecule has 2 aliphatic rings. The van der Waals surface area contributed by atoms with E-state index in [2.05, 4.69) is 19.1 Å². The van der Waals surface area contributed by atoms with Gasteiger partial charge in [-0.2, -0.15) is 0 Å². The summed E-state index contributed by atoms with van der Waals surface area (Å²) in [6.07, 6.45) is 11.7. The number of hydrogen-bond donors (Lipinski definition) is 2. The van der Waals surface area contributed by atoms with E-state index >= 15 is 0 Å². The molecule has 2 heteroatoms. The van der Waals surface area contributed by atoms with Crippen molar-refractivity contribution in [3.05, 3.63) is 29.8 Å². The predicted molar refractivity (Wildman–Crippen MR) is 90.1 cm³/mol. The van der Waals surface area contributed by atoms with Gasteiger partial charge in [-0.3, -0.25) is 0 Å². The van der Waals surface area contributed by atoms with Crippen molar-refractivity contribution >= 4 is 0 Å². The molecule has 2 fully saturated rings. The second kappa shape index (κ2) is 6.23. The van der Waals surface area contributed by atoms with E-state index < -0.39 is 0 Å². The van der Waals surface area contributed by atoms with Gasteiger partial charge in [-0.15, -0.1) is 0 Å². The van der Waals surface area contributed by atoms with Crippen molar-refractivity contribution in [1.29, 1.82) is 0 Å². The zero-order valence-corrected chi connectivity index (χ0v) is 13.9. The van der Waals surface area contributed by atoms with E-state index in [4.69, 9.17) is 0 Å². The van der Waals surface area contributed by atoms with Gasteiger partial charge in [-0.05, 0) is 67.1 Å². The normalized spacial score (nSPS) is 31.5. The first kappa shape index (κ1) is 15.9. The van der Waals surface area contributed by atoms with Crippen molar-refractivity contribution < 1.29 is 10.2 Å². The van der Waals surface area contributed by atoms with Gasteiger partial charge >= 0.3 is 0 Å². The molecule has 0 saturated heterocycles. The number of hydrogen-bond acceptors (Lipinski definition) is 2. The Morgan fingerprint density at radius 3 is 2.32 bits per heavy atom. The van der Waals surface area contributed by atoms with Crippen LogP contribution in [0.15, 0.2) is 24.3 Å². The van der Waals surface area contributed by atoms with Crippen LogP contribution in [-0.2, 0) is 5.41 Å². The predicted octanol–water partition coefficient (Wildman–Crippen LogP) is 4.93. The van der Waals surface area contributed by atoms with Crippen molar-refractivity contribution in [2.24, 2.45) is 5.41 Å². The number of aliphatic hydroxyl groups is 1. The summed E-state index contributed by atoms with van der Waals surface area (Å²) >= 11 is 0. The summed E-state index contributed by atoms with van der Waals surface area (Å²) in [4.78, 5) is 0. The maximum absolute atomic E-state index is 10.8. The lowest BCUT2D eigenvalue weighted by Gasteiger charge is -2.32. The summed E-state index contributed by atoms with van der Waals surface area (Å²) in [5.41, 5.74) is 1.80. The van der Waals surface area contributed by atoms with E-state index in [9.17, 15) is 10.2 Å². The summed E-state index contributed by atoms with van der Waals surface area (Å²) in [6.45, 7) is 2.23. The Morgan fingerprint density at radius 1 is 1.00 bits per heavy atom. The molecule has 122 valence electrons. The number of unbranched alkanes of at least 4 members (excludes halogenated alkanes) is 3. The standard InChI is InChI=1S/C20H30O2/c1-2-3-4-5-6-18(22)20-13-11-19(15-20,12-14-20)16-7-9-17(21)10-8-16/h7-10,18,21-22H,2-6,11-15H2,1H3/t18-,19?,20?/m0/s1. The number of aromatic hydroxyl groups is 1. The van der Waals surface area contributed by atoms with Crippen LogP contribution in [0, 0.1) is 5.41 Å². The molecule has 3 rings (SSSR count). The van der Waals surface area contributed by atoms with Gasteiger partial charge in [0.25, 0.3) is 0 Å². The monoisotopic (exact) mass is 302 g/mol. The lowest BCUT2D eigenvalue weighted by Crippen LogP contribution is -2.31. The molecule has 2 bridgehead atoms.